The van der Waals surface area contributed by atoms with Gasteiger partial charge in [-0.15, -0.1) is 78.9 Å². The largest absolute Gasteiger partial charge is 0.460 e. The van der Waals surface area contributed by atoms with Crippen molar-refractivity contribution >= 4 is 35.3 Å². The average molecular weight is 1830 g/mol. The van der Waals surface area contributed by atoms with Gasteiger partial charge in [-0.1, -0.05) is 134 Å². The Hall–Kier alpha value is -8.18. The van der Waals surface area contributed by atoms with E-state index in [-0.39, 0.29) is 89.6 Å². The number of Topliss-reactive ketones (excluding diaryl/α,β-unsaturated/α-hetero) is 3. The maximum atomic E-state index is 13.6. The van der Waals surface area contributed by atoms with Crippen molar-refractivity contribution in [3.05, 3.63) is 246 Å². The molecule has 12 aliphatic carbocycles. The van der Waals surface area contributed by atoms with Gasteiger partial charge in [-0.25, -0.2) is 4.79 Å². The highest BCUT2D eigenvalue weighted by atomic mass is 16.6. The summed E-state index contributed by atoms with van der Waals surface area (Å²) in [4.78, 5) is 76.0. The van der Waals surface area contributed by atoms with E-state index in [0.717, 1.165) is 112 Å². The van der Waals surface area contributed by atoms with E-state index in [2.05, 4.69) is 156 Å². The third-order valence-electron chi connectivity index (χ3n) is 32.0. The van der Waals surface area contributed by atoms with Crippen molar-refractivity contribution in [3.8, 4) is 0 Å². The molecule has 0 spiro atoms. The van der Waals surface area contributed by atoms with Gasteiger partial charge in [0.2, 0.25) is 0 Å². The molecule has 0 bridgehead atoms. The van der Waals surface area contributed by atoms with Crippen LogP contribution < -0.4 is 38.9 Å². The normalized spacial score (nSPS) is 34.7. The van der Waals surface area contributed by atoms with E-state index in [9.17, 15) is 39.0 Å². The van der Waals surface area contributed by atoms with Gasteiger partial charge in [-0.05, 0) is 328 Å². The number of benzene rings is 2. The lowest BCUT2D eigenvalue weighted by molar-refractivity contribution is -0.162. The molecular formula is C114H167N7O12. The Balaban J connectivity index is 0.000000203. The van der Waals surface area contributed by atoms with Gasteiger partial charge in [0.1, 0.15) is 36.6 Å². The summed E-state index contributed by atoms with van der Waals surface area (Å²) in [7, 11) is 0. The number of hydrogen-bond donors (Lipinski definition) is 10. The molecule has 32 unspecified atom stereocenters. The SMILES string of the molecule is C=CC1CC(C=C)C2C1CC(C(=O)CO)C2NCCNC1C(C(=O)CO)CC2C(C=C)CC(C=C)C21.C=CC1CC(C=C)C2C1CC(C(=O)OC(C)(C)C)C2CCc1cccc(CNC2C(C(=O)OC(C)(C)C)CC3C(C=C)CC(C=C)C32)c1.C=CC1CC(C=C)C2CC(C(=O)CO)=CC12.C=CC1CC(C=C)C2CC(C(=O)OC(C)(C)C)=CC12.NCCN.NCc1cccc(CN)c1. The third-order valence-corrected chi connectivity index (χ3v) is 32.0. The molecule has 2 aromatic rings. The molecule has 10 saturated carbocycles. The Morgan fingerprint density at radius 2 is 0.699 bits per heavy atom. The first-order valence-corrected chi connectivity index (χ1v) is 49.6. The quantitative estimate of drug-likeness (QED) is 0.0133. The lowest BCUT2D eigenvalue weighted by Gasteiger charge is -2.30. The second-order valence-corrected chi connectivity index (χ2v) is 42.9. The number of nitrogens with one attached hydrogen (secondary N) is 3. The molecule has 0 heterocycles. The molecule has 0 saturated heterocycles. The van der Waals surface area contributed by atoms with Crippen LogP contribution in [0.15, 0.2) is 224 Å². The van der Waals surface area contributed by atoms with Crippen LogP contribution in [0.3, 0.4) is 0 Å². The molecule has 32 atom stereocenters. The average Bonchev–Trinajstić information content (AvgIpc) is 1.59. The predicted octanol–water partition coefficient (Wildman–Crippen LogP) is 17.0. The van der Waals surface area contributed by atoms with Crippen LogP contribution in [0.1, 0.15) is 168 Å². The van der Waals surface area contributed by atoms with Crippen LogP contribution >= 0.6 is 0 Å². The van der Waals surface area contributed by atoms with Crippen LogP contribution in [0, 0.1) is 172 Å². The standard InChI is InChI=1S/C43H61NO4.C30H44N2O4.C17H24O2.C14H18O2.C8H12N2.C2H8N2/c1-11-28-21-30(13-3)37-32(35(23-33(28)37)40(45)47-42(5,6)7)19-18-26-16-15-17-27(20-26)25-44-39-36(41(46)48-43(8,9)10)24-34-29(12-2)22-31(14-4)38(34)39;1-5-17-11-19(7-3)27-21(17)13-23(25(35)15-33)29(27)31-9-10-32-30-24(26(36)16-34)14-22-18(6-2)12-20(8-4)28(22)30;1-6-11-8-12(7-2)15-10-13(9-14(11)15)16(18)19-17(3,4)5;1-3-9-5-10(4-2)13-7-11(6-12(9)13)14(16)8-15;9-5-7-2-1-3-8(4-7)6-10;3-1-2-4/h11-17,20,28-39,44H,1-4,18-19,21-25H2,5-10H3;5-8,17-24,27-34H,1-4,9-16H2;6-7,9,11-12,14-15H,1-2,8,10H2,3-5H3;3-4,6,9-10,12-13,15H,1-2,5,7-8H2;1-4H,5-6,9-10H2;1-4H2. The molecule has 19 heteroatoms. The first kappa shape index (κ1) is 108. The number of aryl methyl sites for hydroxylation is 1. The van der Waals surface area contributed by atoms with Gasteiger partial charge in [0, 0.05) is 81.3 Å². The fraction of sp³-hybridized carbons (Fsp3) is 0.596. The van der Waals surface area contributed by atoms with Gasteiger partial charge in [0.05, 0.1) is 11.8 Å². The zero-order chi connectivity index (χ0) is 97.7. The topological polar surface area (TPSA) is 331 Å². The van der Waals surface area contributed by atoms with Crippen LogP contribution in [0.4, 0.5) is 0 Å². The number of aliphatic hydroxyl groups is 3. The number of esters is 3. The molecule has 14 rings (SSSR count). The Morgan fingerprint density at radius 1 is 0.376 bits per heavy atom. The Morgan fingerprint density at radius 3 is 1.08 bits per heavy atom. The maximum absolute atomic E-state index is 13.6. The fourth-order valence-corrected chi connectivity index (χ4v) is 26.3. The summed E-state index contributed by atoms with van der Waals surface area (Å²) >= 11 is 0. The summed E-state index contributed by atoms with van der Waals surface area (Å²) in [6, 6.07) is 16.8. The van der Waals surface area contributed by atoms with Crippen molar-refractivity contribution in [3.63, 3.8) is 0 Å². The van der Waals surface area contributed by atoms with E-state index in [4.69, 9.17) is 42.3 Å². The molecule has 14 N–H and O–H groups in total. The monoisotopic (exact) mass is 1830 g/mol. The summed E-state index contributed by atoms with van der Waals surface area (Å²) < 4.78 is 17.4. The van der Waals surface area contributed by atoms with Crippen LogP contribution in [-0.2, 0) is 69.0 Å². The highest BCUT2D eigenvalue weighted by Crippen LogP contribution is 2.61. The Kier molecular flexibility index (Phi) is 40.6. The zero-order valence-electron chi connectivity index (χ0n) is 82.0. The second kappa shape index (κ2) is 49.7. The van der Waals surface area contributed by atoms with Gasteiger partial charge in [0.15, 0.2) is 17.3 Å². The van der Waals surface area contributed by atoms with Gasteiger partial charge >= 0.3 is 17.9 Å². The molecule has 133 heavy (non-hydrogen) atoms. The second-order valence-electron chi connectivity index (χ2n) is 42.9. The van der Waals surface area contributed by atoms with Gasteiger partial charge in [-0.2, -0.15) is 0 Å². The smallest absolute Gasteiger partial charge is 0.334 e. The van der Waals surface area contributed by atoms with E-state index >= 15 is 0 Å². The van der Waals surface area contributed by atoms with Crippen LogP contribution in [-0.4, -0.2) is 132 Å². The van der Waals surface area contributed by atoms with Crippen molar-refractivity contribution in [2.75, 3.05) is 46.0 Å². The van der Waals surface area contributed by atoms with Gasteiger partial charge in [-0.3, -0.25) is 24.0 Å². The van der Waals surface area contributed by atoms with Crippen molar-refractivity contribution in [1.29, 1.82) is 0 Å². The molecule has 0 radical (unpaired) electrons. The maximum Gasteiger partial charge on any atom is 0.334 e. The molecule has 19 nitrogen and oxygen atoms in total. The summed E-state index contributed by atoms with van der Waals surface area (Å²) in [5, 5.41) is 39.3. The fourth-order valence-electron chi connectivity index (χ4n) is 26.3. The van der Waals surface area contributed by atoms with Crippen molar-refractivity contribution in [1.82, 2.24) is 16.0 Å². The highest BCUT2D eigenvalue weighted by Gasteiger charge is 2.60. The number of ketones is 3. The van der Waals surface area contributed by atoms with Crippen LogP contribution in [0.25, 0.3) is 0 Å². The molecular weight excluding hydrogens is 1660 g/mol. The molecule has 12 aliphatic rings. The third kappa shape index (κ3) is 26.6. The summed E-state index contributed by atoms with van der Waals surface area (Å²) in [5.74, 6) is 8.56. The minimum absolute atomic E-state index is 0.00634. The van der Waals surface area contributed by atoms with Crippen molar-refractivity contribution in [2.24, 2.45) is 195 Å². The number of rotatable bonds is 35. The number of allylic oxidation sites excluding steroid dienone is 14. The summed E-state index contributed by atoms with van der Waals surface area (Å²) in [6.07, 6.45) is 41.8. The van der Waals surface area contributed by atoms with Gasteiger partial charge in [0.25, 0.3) is 0 Å². The van der Waals surface area contributed by atoms with Crippen molar-refractivity contribution in [2.45, 2.75) is 207 Å². The molecule has 0 aliphatic heterocycles. The Bertz CT molecular complexity index is 4250. The van der Waals surface area contributed by atoms with E-state index in [0.29, 0.717) is 188 Å². The van der Waals surface area contributed by atoms with E-state index < -0.39 is 30.0 Å². The predicted molar refractivity (Wildman–Crippen MR) is 538 cm³/mol. The molecule has 0 aromatic heterocycles. The number of aliphatic hydroxyl groups excluding tert-OH is 3. The first-order chi connectivity index (χ1) is 63.4. The zero-order valence-corrected chi connectivity index (χ0v) is 82.0. The molecule has 0 amide bonds. The van der Waals surface area contributed by atoms with E-state index in [1.807, 2.05) is 135 Å². The molecule has 2 aromatic carbocycles. The number of fused-ring (bicyclic) bond motifs is 6. The lowest BCUT2D eigenvalue weighted by atomic mass is 9.78. The number of ether oxygens (including phenoxy) is 3. The summed E-state index contributed by atoms with van der Waals surface area (Å²) in [6.45, 7) is 69.0. The van der Waals surface area contributed by atoms with Crippen LogP contribution in [0.2, 0.25) is 0 Å². The Labute approximate surface area is 798 Å². The highest BCUT2D eigenvalue weighted by molar-refractivity contribution is 5.96. The lowest BCUT2D eigenvalue weighted by Crippen LogP contribution is -2.49. The minimum atomic E-state index is -0.526. The summed E-state index contributed by atoms with van der Waals surface area (Å²) in [5.41, 5.74) is 25.6. The van der Waals surface area contributed by atoms with E-state index in [1.54, 1.807) is 0 Å². The van der Waals surface area contributed by atoms with Gasteiger partial charge < -0.3 is 68.4 Å². The van der Waals surface area contributed by atoms with Crippen molar-refractivity contribution < 1.29 is 58.3 Å². The molecule has 10 fully saturated rings. The number of carbonyl (C=O) groups excluding carboxylic acids is 6. The number of hydrogen-bond acceptors (Lipinski definition) is 19. The van der Waals surface area contributed by atoms with Crippen LogP contribution in [0.5, 0.6) is 0 Å². The number of carbonyl (C=O) groups is 6. The van der Waals surface area contributed by atoms with E-state index in [1.165, 1.54) is 11.1 Å². The molecule has 730 valence electrons. The first-order valence-electron chi connectivity index (χ1n) is 49.6. The minimum Gasteiger partial charge on any atom is -0.460 e. The number of nitrogens with two attached hydrogens (primary N) is 4.